The molecule has 0 aliphatic heterocycles. The van der Waals surface area contributed by atoms with Crippen LogP contribution in [0.5, 0.6) is 5.75 Å². The van der Waals surface area contributed by atoms with E-state index in [2.05, 4.69) is 15.4 Å². The third-order valence-electron chi connectivity index (χ3n) is 4.13. The molecular weight excluding hydrogens is 366 g/mol. The van der Waals surface area contributed by atoms with Crippen LogP contribution in [-0.4, -0.2) is 52.8 Å². The second-order valence-corrected chi connectivity index (χ2v) is 6.90. The number of anilines is 1. The number of carbonyl (C=O) groups is 1. The molecule has 0 saturated carbocycles. The van der Waals surface area contributed by atoms with Gasteiger partial charge in [-0.05, 0) is 45.3 Å². The first-order valence-corrected chi connectivity index (χ1v) is 8.91. The number of rotatable bonds is 6. The van der Waals surface area contributed by atoms with Gasteiger partial charge < -0.3 is 15.0 Å². The highest BCUT2D eigenvalue weighted by atomic mass is 35.5. The lowest BCUT2D eigenvalue weighted by Crippen LogP contribution is -2.19. The molecule has 0 bridgehead atoms. The van der Waals surface area contributed by atoms with E-state index < -0.39 is 0 Å². The summed E-state index contributed by atoms with van der Waals surface area (Å²) in [5, 5.41) is 8.18. The Kier molecular flexibility index (Phi) is 5.62. The second-order valence-electron chi connectivity index (χ2n) is 6.52. The molecule has 1 amide bonds. The Morgan fingerprint density at radius 1 is 1.30 bits per heavy atom. The molecule has 2 heterocycles. The minimum Gasteiger partial charge on any atom is -0.492 e. The Morgan fingerprint density at radius 2 is 2.00 bits per heavy atom. The van der Waals surface area contributed by atoms with E-state index in [4.69, 9.17) is 16.3 Å². The van der Waals surface area contributed by atoms with Crippen LogP contribution in [0.1, 0.15) is 16.1 Å². The molecular formula is C19H22ClN5O2. The predicted octanol–water partition coefficient (Wildman–Crippen LogP) is 3.12. The van der Waals surface area contributed by atoms with E-state index in [9.17, 15) is 4.79 Å². The van der Waals surface area contributed by atoms with Crippen molar-refractivity contribution >= 4 is 34.2 Å². The lowest BCUT2D eigenvalue weighted by molar-refractivity contribution is 0.102. The zero-order valence-electron chi connectivity index (χ0n) is 15.8. The summed E-state index contributed by atoms with van der Waals surface area (Å²) in [5.74, 6) is 0.431. The van der Waals surface area contributed by atoms with Crippen LogP contribution in [0.3, 0.4) is 0 Å². The summed E-state index contributed by atoms with van der Waals surface area (Å²) in [6, 6.07) is 7.22. The fraction of sp³-hybridized carbons (Fsp3) is 0.316. The van der Waals surface area contributed by atoms with Gasteiger partial charge in [0, 0.05) is 25.5 Å². The SMILES string of the molecule is Cc1nn(C)c2ncc(C(=O)Nc3ccc(OCCN(C)C)cc3)c(Cl)c12. The molecule has 27 heavy (non-hydrogen) atoms. The van der Waals surface area contributed by atoms with Gasteiger partial charge >= 0.3 is 0 Å². The number of aryl methyl sites for hydroxylation is 2. The number of pyridine rings is 1. The molecule has 0 saturated heterocycles. The molecule has 2 aromatic heterocycles. The maximum Gasteiger partial charge on any atom is 0.258 e. The number of fused-ring (bicyclic) bond motifs is 1. The van der Waals surface area contributed by atoms with Crippen molar-refractivity contribution in [3.8, 4) is 5.75 Å². The Bertz CT molecular complexity index is 966. The van der Waals surface area contributed by atoms with Crippen molar-refractivity contribution < 1.29 is 9.53 Å². The van der Waals surface area contributed by atoms with Gasteiger partial charge in [0.05, 0.1) is 21.7 Å². The maximum absolute atomic E-state index is 12.6. The fourth-order valence-electron chi connectivity index (χ4n) is 2.71. The third kappa shape index (κ3) is 4.20. The number of ether oxygens (including phenoxy) is 1. The molecule has 1 aromatic carbocycles. The molecule has 8 heteroatoms. The van der Waals surface area contributed by atoms with E-state index in [0.717, 1.165) is 18.0 Å². The van der Waals surface area contributed by atoms with Crippen molar-refractivity contribution in [2.24, 2.45) is 7.05 Å². The van der Waals surface area contributed by atoms with Crippen molar-refractivity contribution in [2.45, 2.75) is 6.92 Å². The van der Waals surface area contributed by atoms with E-state index >= 15 is 0 Å². The van der Waals surface area contributed by atoms with Gasteiger partial charge in [0.2, 0.25) is 0 Å². The summed E-state index contributed by atoms with van der Waals surface area (Å²) >= 11 is 6.45. The Labute approximate surface area is 162 Å². The number of benzene rings is 1. The Hall–Kier alpha value is -2.64. The lowest BCUT2D eigenvalue weighted by atomic mass is 10.2. The molecule has 3 rings (SSSR count). The van der Waals surface area contributed by atoms with Gasteiger partial charge in [0.1, 0.15) is 12.4 Å². The highest BCUT2D eigenvalue weighted by Gasteiger charge is 2.18. The van der Waals surface area contributed by atoms with Crippen molar-refractivity contribution in [1.82, 2.24) is 19.7 Å². The molecule has 0 spiro atoms. The average molecular weight is 388 g/mol. The molecule has 0 atom stereocenters. The first kappa shape index (κ1) is 19.1. The summed E-state index contributed by atoms with van der Waals surface area (Å²) in [6.07, 6.45) is 1.47. The topological polar surface area (TPSA) is 72.3 Å². The Morgan fingerprint density at radius 3 is 2.67 bits per heavy atom. The first-order valence-electron chi connectivity index (χ1n) is 8.53. The quantitative estimate of drug-likeness (QED) is 0.703. The Balaban J connectivity index is 1.73. The number of halogens is 1. The fourth-order valence-corrected chi connectivity index (χ4v) is 3.06. The summed E-state index contributed by atoms with van der Waals surface area (Å²) in [7, 11) is 5.78. The molecule has 0 radical (unpaired) electrons. The molecule has 142 valence electrons. The summed E-state index contributed by atoms with van der Waals surface area (Å²) in [4.78, 5) is 19.0. The van der Waals surface area contributed by atoms with Crippen LogP contribution in [-0.2, 0) is 7.05 Å². The predicted molar refractivity (Wildman–Crippen MR) is 107 cm³/mol. The number of hydrogen-bond acceptors (Lipinski definition) is 5. The second kappa shape index (κ2) is 7.94. The number of nitrogens with one attached hydrogen (secondary N) is 1. The van der Waals surface area contributed by atoms with Crippen molar-refractivity contribution in [1.29, 1.82) is 0 Å². The first-order chi connectivity index (χ1) is 12.9. The lowest BCUT2D eigenvalue weighted by Gasteiger charge is -2.12. The number of nitrogens with zero attached hydrogens (tertiary/aromatic N) is 4. The zero-order valence-corrected chi connectivity index (χ0v) is 16.5. The van der Waals surface area contributed by atoms with Crippen LogP contribution in [0, 0.1) is 6.92 Å². The van der Waals surface area contributed by atoms with Crippen molar-refractivity contribution in [3.05, 3.63) is 46.7 Å². The van der Waals surface area contributed by atoms with Crippen LogP contribution < -0.4 is 10.1 Å². The monoisotopic (exact) mass is 387 g/mol. The maximum atomic E-state index is 12.6. The summed E-state index contributed by atoms with van der Waals surface area (Å²) in [5.41, 5.74) is 2.35. The molecule has 0 fully saturated rings. The standard InChI is InChI=1S/C19H22ClN5O2/c1-12-16-17(20)15(11-21-18(16)25(4)23-12)19(26)22-13-5-7-14(8-6-13)27-10-9-24(2)3/h5-8,11H,9-10H2,1-4H3,(H,22,26). The van der Waals surface area contributed by atoms with Crippen LogP contribution in [0.15, 0.2) is 30.5 Å². The average Bonchev–Trinajstić information content (AvgIpc) is 2.91. The van der Waals surface area contributed by atoms with Gasteiger partial charge in [-0.1, -0.05) is 11.6 Å². The normalized spacial score (nSPS) is 11.2. The molecule has 7 nitrogen and oxygen atoms in total. The third-order valence-corrected chi connectivity index (χ3v) is 4.52. The molecule has 0 aliphatic carbocycles. The van der Waals surface area contributed by atoms with Crippen LogP contribution in [0.25, 0.3) is 11.0 Å². The van der Waals surface area contributed by atoms with Crippen LogP contribution >= 0.6 is 11.6 Å². The van der Waals surface area contributed by atoms with Gasteiger partial charge in [-0.2, -0.15) is 5.10 Å². The molecule has 0 unspecified atom stereocenters. The number of aromatic nitrogens is 3. The minimum absolute atomic E-state index is 0.312. The number of carbonyl (C=O) groups excluding carboxylic acids is 1. The molecule has 1 N–H and O–H groups in total. The van der Waals surface area contributed by atoms with E-state index in [1.807, 2.05) is 38.1 Å². The molecule has 3 aromatic rings. The van der Waals surface area contributed by atoms with Gasteiger partial charge in [0.25, 0.3) is 5.91 Å². The number of likely N-dealkylation sites (N-methyl/N-ethyl adjacent to an activating group) is 1. The van der Waals surface area contributed by atoms with Gasteiger partial charge in [0.15, 0.2) is 5.65 Å². The zero-order chi connectivity index (χ0) is 19.6. The largest absolute Gasteiger partial charge is 0.492 e. The number of hydrogen-bond donors (Lipinski definition) is 1. The van der Waals surface area contributed by atoms with E-state index in [1.54, 1.807) is 23.9 Å². The number of amides is 1. The van der Waals surface area contributed by atoms with Crippen LogP contribution in [0.2, 0.25) is 5.02 Å². The summed E-state index contributed by atoms with van der Waals surface area (Å²) in [6.45, 7) is 3.28. The van der Waals surface area contributed by atoms with Gasteiger partial charge in [-0.25, -0.2) is 4.98 Å². The summed E-state index contributed by atoms with van der Waals surface area (Å²) < 4.78 is 7.30. The van der Waals surface area contributed by atoms with E-state index in [1.165, 1.54) is 6.20 Å². The minimum atomic E-state index is -0.320. The molecule has 0 aliphatic rings. The van der Waals surface area contributed by atoms with Crippen molar-refractivity contribution in [2.75, 3.05) is 32.6 Å². The van der Waals surface area contributed by atoms with E-state index in [0.29, 0.717) is 33.9 Å². The van der Waals surface area contributed by atoms with Gasteiger partial charge in [-0.3, -0.25) is 9.48 Å². The van der Waals surface area contributed by atoms with Crippen LogP contribution in [0.4, 0.5) is 5.69 Å². The van der Waals surface area contributed by atoms with Gasteiger partial charge in [-0.15, -0.1) is 0 Å². The highest BCUT2D eigenvalue weighted by Crippen LogP contribution is 2.28. The highest BCUT2D eigenvalue weighted by molar-refractivity contribution is 6.39. The smallest absolute Gasteiger partial charge is 0.258 e. The van der Waals surface area contributed by atoms with Crippen molar-refractivity contribution in [3.63, 3.8) is 0 Å². The van der Waals surface area contributed by atoms with E-state index in [-0.39, 0.29) is 5.91 Å².